The van der Waals surface area contributed by atoms with Gasteiger partial charge in [0, 0.05) is 31.7 Å². The molecule has 5 heteroatoms. The van der Waals surface area contributed by atoms with Gasteiger partial charge in [-0.1, -0.05) is 6.42 Å². The van der Waals surface area contributed by atoms with Crippen LogP contribution in [-0.2, 0) is 4.79 Å². The lowest BCUT2D eigenvalue weighted by atomic mass is 10.0. The van der Waals surface area contributed by atoms with Crippen LogP contribution in [0.5, 0.6) is 0 Å². The van der Waals surface area contributed by atoms with Gasteiger partial charge in [-0.15, -0.1) is 0 Å². The van der Waals surface area contributed by atoms with Crippen LogP contribution in [0.15, 0.2) is 18.2 Å². The average Bonchev–Trinajstić information content (AvgIpc) is 3.01. The van der Waals surface area contributed by atoms with E-state index in [4.69, 9.17) is 5.73 Å². The largest absolute Gasteiger partial charge is 0.399 e. The minimum atomic E-state index is -0.451. The molecule has 1 saturated carbocycles. The molecule has 0 radical (unpaired) electrons. The van der Waals surface area contributed by atoms with E-state index in [1.165, 1.54) is 37.5 Å². The number of benzene rings is 1. The molecule has 3 N–H and O–H groups in total. The number of nitrogens with zero attached hydrogens (tertiary/aromatic N) is 1. The van der Waals surface area contributed by atoms with E-state index < -0.39 is 5.82 Å². The average molecular weight is 291 g/mol. The Kier molecular flexibility index (Phi) is 4.10. The number of anilines is 2. The number of halogens is 1. The van der Waals surface area contributed by atoms with Gasteiger partial charge in [0.05, 0.1) is 5.69 Å². The monoisotopic (exact) mass is 291 g/mol. The number of fused-ring (bicyclic) bond motifs is 1. The molecular weight excluding hydrogens is 269 g/mol. The molecule has 2 unspecified atom stereocenters. The van der Waals surface area contributed by atoms with E-state index in [0.29, 0.717) is 12.1 Å². The van der Waals surface area contributed by atoms with E-state index >= 15 is 0 Å². The van der Waals surface area contributed by atoms with E-state index in [2.05, 4.69) is 10.2 Å². The molecule has 2 atom stereocenters. The van der Waals surface area contributed by atoms with Crippen molar-refractivity contribution in [2.45, 2.75) is 25.7 Å². The molecule has 2 aliphatic rings. The first-order chi connectivity index (χ1) is 10.1. The van der Waals surface area contributed by atoms with E-state index in [1.807, 2.05) is 0 Å². The maximum Gasteiger partial charge on any atom is 0.225 e. The topological polar surface area (TPSA) is 58.4 Å². The first kappa shape index (κ1) is 14.3. The zero-order chi connectivity index (χ0) is 14.8. The standard InChI is InChI=1S/C16H22FN3O/c17-14-5-4-13(18)8-15(14)19-16(21)6-7-20-9-11-2-1-3-12(11)10-20/h4-5,8,11-12H,1-3,6-7,9-10,18H2,(H,19,21). The van der Waals surface area contributed by atoms with Crippen molar-refractivity contribution in [2.75, 3.05) is 30.7 Å². The zero-order valence-corrected chi connectivity index (χ0v) is 12.1. The molecule has 0 bridgehead atoms. The van der Waals surface area contributed by atoms with Crippen LogP contribution in [0.2, 0.25) is 0 Å². The highest BCUT2D eigenvalue weighted by atomic mass is 19.1. The summed E-state index contributed by atoms with van der Waals surface area (Å²) in [4.78, 5) is 14.3. The van der Waals surface area contributed by atoms with Gasteiger partial charge in [-0.2, -0.15) is 0 Å². The number of carbonyl (C=O) groups is 1. The van der Waals surface area contributed by atoms with E-state index in [0.717, 1.165) is 31.5 Å². The van der Waals surface area contributed by atoms with Gasteiger partial charge in [0.25, 0.3) is 0 Å². The third-order valence-corrected chi connectivity index (χ3v) is 4.72. The second kappa shape index (κ2) is 6.02. The molecule has 1 aromatic carbocycles. The van der Waals surface area contributed by atoms with E-state index in [1.54, 1.807) is 0 Å². The second-order valence-electron chi connectivity index (χ2n) is 6.25. The van der Waals surface area contributed by atoms with Crippen LogP contribution in [0.25, 0.3) is 0 Å². The van der Waals surface area contributed by atoms with Crippen LogP contribution in [0, 0.1) is 17.7 Å². The molecule has 0 aromatic heterocycles. The summed E-state index contributed by atoms with van der Waals surface area (Å²) in [5, 5.41) is 2.60. The molecule has 1 aromatic rings. The summed E-state index contributed by atoms with van der Waals surface area (Å²) in [7, 11) is 0. The first-order valence-corrected chi connectivity index (χ1v) is 7.69. The minimum Gasteiger partial charge on any atom is -0.399 e. The van der Waals surface area contributed by atoms with Gasteiger partial charge in [-0.05, 0) is 42.9 Å². The Balaban J connectivity index is 1.47. The highest BCUT2D eigenvalue weighted by Crippen LogP contribution is 2.37. The van der Waals surface area contributed by atoms with Crippen molar-refractivity contribution in [3.63, 3.8) is 0 Å². The van der Waals surface area contributed by atoms with Crippen LogP contribution in [-0.4, -0.2) is 30.4 Å². The van der Waals surface area contributed by atoms with Crippen LogP contribution >= 0.6 is 0 Å². The van der Waals surface area contributed by atoms with Gasteiger partial charge in [-0.25, -0.2) is 4.39 Å². The summed E-state index contributed by atoms with van der Waals surface area (Å²) in [5.74, 6) is 1.06. The summed E-state index contributed by atoms with van der Waals surface area (Å²) < 4.78 is 13.5. The molecule has 2 fully saturated rings. The van der Waals surface area contributed by atoms with Crippen molar-refractivity contribution in [2.24, 2.45) is 11.8 Å². The Labute approximate surface area is 124 Å². The van der Waals surface area contributed by atoms with Crippen molar-refractivity contribution in [1.82, 2.24) is 4.90 Å². The lowest BCUT2D eigenvalue weighted by Crippen LogP contribution is -2.26. The molecule has 1 heterocycles. The highest BCUT2D eigenvalue weighted by molar-refractivity contribution is 5.91. The molecular formula is C16H22FN3O. The van der Waals surface area contributed by atoms with Crippen LogP contribution < -0.4 is 11.1 Å². The minimum absolute atomic E-state index is 0.156. The lowest BCUT2D eigenvalue weighted by Gasteiger charge is -2.16. The van der Waals surface area contributed by atoms with Crippen molar-refractivity contribution in [3.8, 4) is 0 Å². The number of nitrogen functional groups attached to an aromatic ring is 1. The predicted octanol–water partition coefficient (Wildman–Crippen LogP) is 2.47. The van der Waals surface area contributed by atoms with Gasteiger partial charge in [0.15, 0.2) is 0 Å². The number of nitrogens with two attached hydrogens (primary N) is 1. The Morgan fingerprint density at radius 3 is 2.76 bits per heavy atom. The van der Waals surface area contributed by atoms with Crippen LogP contribution in [0.1, 0.15) is 25.7 Å². The number of carbonyl (C=O) groups excluding carboxylic acids is 1. The molecule has 1 aliphatic carbocycles. The first-order valence-electron chi connectivity index (χ1n) is 7.69. The highest BCUT2D eigenvalue weighted by Gasteiger charge is 2.35. The van der Waals surface area contributed by atoms with Gasteiger partial charge in [-0.3, -0.25) is 4.79 Å². The van der Waals surface area contributed by atoms with Gasteiger partial charge in [0.1, 0.15) is 5.82 Å². The fourth-order valence-electron chi connectivity index (χ4n) is 3.63. The van der Waals surface area contributed by atoms with Gasteiger partial charge >= 0.3 is 0 Å². The second-order valence-corrected chi connectivity index (χ2v) is 6.25. The zero-order valence-electron chi connectivity index (χ0n) is 12.1. The molecule has 114 valence electrons. The van der Waals surface area contributed by atoms with Gasteiger partial charge in [0.2, 0.25) is 5.91 Å². The molecule has 1 amide bonds. The normalized spacial score (nSPS) is 25.0. The molecule has 3 rings (SSSR count). The number of hydrogen-bond donors (Lipinski definition) is 2. The quantitative estimate of drug-likeness (QED) is 0.838. The summed E-state index contributed by atoms with van der Waals surface area (Å²) in [5.41, 5.74) is 6.21. The Morgan fingerprint density at radius 2 is 2.05 bits per heavy atom. The number of rotatable bonds is 4. The SMILES string of the molecule is Nc1ccc(F)c(NC(=O)CCN2CC3CCCC3C2)c1. The summed E-state index contributed by atoms with van der Waals surface area (Å²) >= 11 is 0. The Hall–Kier alpha value is -1.62. The molecule has 1 saturated heterocycles. The van der Waals surface area contributed by atoms with Crippen molar-refractivity contribution < 1.29 is 9.18 Å². The Morgan fingerprint density at radius 1 is 1.33 bits per heavy atom. The number of amides is 1. The third kappa shape index (κ3) is 3.35. The summed E-state index contributed by atoms with van der Waals surface area (Å²) in [6.45, 7) is 2.98. The van der Waals surface area contributed by atoms with Crippen LogP contribution in [0.3, 0.4) is 0 Å². The lowest BCUT2D eigenvalue weighted by molar-refractivity contribution is -0.116. The smallest absolute Gasteiger partial charge is 0.225 e. The molecule has 21 heavy (non-hydrogen) atoms. The summed E-state index contributed by atoms with van der Waals surface area (Å²) in [6, 6.07) is 4.20. The number of nitrogens with one attached hydrogen (secondary N) is 1. The van der Waals surface area contributed by atoms with Crippen molar-refractivity contribution in [1.29, 1.82) is 0 Å². The predicted molar refractivity (Wildman–Crippen MR) is 81.3 cm³/mol. The Bertz CT molecular complexity index is 522. The maximum absolute atomic E-state index is 13.5. The van der Waals surface area contributed by atoms with E-state index in [9.17, 15) is 9.18 Å². The molecule has 0 spiro atoms. The number of hydrogen-bond acceptors (Lipinski definition) is 3. The van der Waals surface area contributed by atoms with Gasteiger partial charge < -0.3 is 16.0 Å². The summed E-state index contributed by atoms with van der Waals surface area (Å²) in [6.07, 6.45) is 4.43. The third-order valence-electron chi connectivity index (χ3n) is 4.72. The number of likely N-dealkylation sites (tertiary alicyclic amines) is 1. The van der Waals surface area contributed by atoms with Crippen molar-refractivity contribution in [3.05, 3.63) is 24.0 Å². The maximum atomic E-state index is 13.5. The fraction of sp³-hybridized carbons (Fsp3) is 0.562. The molecule has 1 aliphatic heterocycles. The van der Waals surface area contributed by atoms with E-state index in [-0.39, 0.29) is 11.6 Å². The fourth-order valence-corrected chi connectivity index (χ4v) is 3.63. The van der Waals surface area contributed by atoms with Crippen LogP contribution in [0.4, 0.5) is 15.8 Å². The molecule has 4 nitrogen and oxygen atoms in total. The van der Waals surface area contributed by atoms with Crippen molar-refractivity contribution >= 4 is 17.3 Å².